The molecule has 1 atom stereocenters. The minimum atomic E-state index is -2.47. The Labute approximate surface area is 132 Å². The van der Waals surface area contributed by atoms with Crippen molar-refractivity contribution in [2.75, 3.05) is 26.4 Å². The highest BCUT2D eigenvalue weighted by Gasteiger charge is 2.19. The summed E-state index contributed by atoms with van der Waals surface area (Å²) in [7, 11) is 0. The Hall–Kier alpha value is -0.780. The molecule has 0 N–H and O–H groups in total. The molecule has 0 radical (unpaired) electrons. The third-order valence-corrected chi connectivity index (χ3v) is 3.74. The lowest BCUT2D eigenvalue weighted by Crippen LogP contribution is -2.07. The molecule has 0 bridgehead atoms. The Morgan fingerprint density at radius 1 is 1.19 bits per heavy atom. The Kier molecular flexibility index (Phi) is 6.33. The van der Waals surface area contributed by atoms with Crippen molar-refractivity contribution in [3.63, 3.8) is 0 Å². The van der Waals surface area contributed by atoms with E-state index in [1.807, 2.05) is 0 Å². The van der Waals surface area contributed by atoms with Crippen LogP contribution in [0, 0.1) is 0 Å². The lowest BCUT2D eigenvalue weighted by atomic mass is 10.1. The molecule has 7 heteroatoms. The van der Waals surface area contributed by atoms with E-state index in [1.165, 1.54) is 0 Å². The van der Waals surface area contributed by atoms with Crippen molar-refractivity contribution in [3.05, 3.63) is 22.7 Å². The smallest absolute Gasteiger partial charge is 0.261 e. The van der Waals surface area contributed by atoms with Crippen molar-refractivity contribution in [2.24, 2.45) is 0 Å². The third-order valence-electron chi connectivity index (χ3n) is 2.96. The summed E-state index contributed by atoms with van der Waals surface area (Å²) in [4.78, 5) is 0. The maximum atomic E-state index is 12.0. The average Bonchev–Trinajstić information content (AvgIpc) is 2.67. The second-order valence-electron chi connectivity index (χ2n) is 4.59. The molecular formula is C14H16Cl2F2O3. The quantitative estimate of drug-likeness (QED) is 0.565. The second kappa shape index (κ2) is 8.01. The standard InChI is InChI=1S/C14H16Cl2F2O3/c15-10(2-5-19-8-14(17)18)9-6-12-13(7-11(9)16)21-4-1-3-20-12/h6-7,10,14H,1-5,8H2. The SMILES string of the molecule is FC(F)COCCC(Cl)c1cc2c(cc1Cl)OCCCO2. The normalized spacial score (nSPS) is 15.9. The van der Waals surface area contributed by atoms with Gasteiger partial charge in [0.1, 0.15) is 6.61 Å². The first-order valence-corrected chi connectivity index (χ1v) is 7.48. The van der Waals surface area contributed by atoms with Crippen molar-refractivity contribution in [1.29, 1.82) is 0 Å². The highest BCUT2D eigenvalue weighted by atomic mass is 35.5. The number of benzene rings is 1. The zero-order chi connectivity index (χ0) is 15.2. The lowest BCUT2D eigenvalue weighted by molar-refractivity contribution is 0.0165. The first kappa shape index (κ1) is 16.6. The van der Waals surface area contributed by atoms with Crippen molar-refractivity contribution < 1.29 is 23.0 Å². The van der Waals surface area contributed by atoms with Crippen molar-refractivity contribution in [2.45, 2.75) is 24.6 Å². The molecule has 0 aliphatic carbocycles. The molecule has 1 aromatic carbocycles. The van der Waals surface area contributed by atoms with E-state index in [0.29, 0.717) is 41.7 Å². The molecule has 0 fully saturated rings. The van der Waals surface area contributed by atoms with E-state index in [0.717, 1.165) is 6.42 Å². The number of alkyl halides is 3. The first-order valence-electron chi connectivity index (χ1n) is 6.67. The highest BCUT2D eigenvalue weighted by Crippen LogP contribution is 2.40. The van der Waals surface area contributed by atoms with E-state index < -0.39 is 18.4 Å². The molecule has 2 rings (SSSR count). The van der Waals surface area contributed by atoms with Gasteiger partial charge in [0.25, 0.3) is 6.43 Å². The fourth-order valence-electron chi connectivity index (χ4n) is 1.95. The van der Waals surface area contributed by atoms with E-state index in [2.05, 4.69) is 0 Å². The Balaban J connectivity index is 2.00. The Morgan fingerprint density at radius 2 is 1.86 bits per heavy atom. The monoisotopic (exact) mass is 340 g/mol. The molecule has 21 heavy (non-hydrogen) atoms. The van der Waals surface area contributed by atoms with E-state index in [1.54, 1.807) is 12.1 Å². The van der Waals surface area contributed by atoms with E-state index in [9.17, 15) is 8.78 Å². The van der Waals surface area contributed by atoms with Crippen molar-refractivity contribution >= 4 is 23.2 Å². The molecule has 0 aromatic heterocycles. The fourth-order valence-corrected chi connectivity index (χ4v) is 2.57. The van der Waals surface area contributed by atoms with Gasteiger partial charge in [0.15, 0.2) is 11.5 Å². The summed E-state index contributed by atoms with van der Waals surface area (Å²) >= 11 is 12.5. The summed E-state index contributed by atoms with van der Waals surface area (Å²) in [6.45, 7) is 0.703. The molecule has 0 amide bonds. The topological polar surface area (TPSA) is 27.7 Å². The molecule has 1 aliphatic heterocycles. The summed E-state index contributed by atoms with van der Waals surface area (Å²) in [5, 5.41) is 0.0282. The van der Waals surface area contributed by atoms with Crippen molar-refractivity contribution in [1.82, 2.24) is 0 Å². The number of fused-ring (bicyclic) bond motifs is 1. The van der Waals surface area contributed by atoms with Crippen LogP contribution in [0.4, 0.5) is 8.78 Å². The van der Waals surface area contributed by atoms with Gasteiger partial charge in [-0.25, -0.2) is 8.78 Å². The van der Waals surface area contributed by atoms with Crippen LogP contribution in [0.3, 0.4) is 0 Å². The molecule has 1 heterocycles. The predicted octanol–water partition coefficient (Wildman–Crippen LogP) is 4.45. The molecule has 0 spiro atoms. The summed E-state index contributed by atoms with van der Waals surface area (Å²) in [6, 6.07) is 3.42. The number of ether oxygens (including phenoxy) is 3. The van der Waals surface area contributed by atoms with Gasteiger partial charge in [0.2, 0.25) is 0 Å². The zero-order valence-corrected chi connectivity index (χ0v) is 12.8. The van der Waals surface area contributed by atoms with Gasteiger partial charge < -0.3 is 14.2 Å². The highest BCUT2D eigenvalue weighted by molar-refractivity contribution is 6.33. The van der Waals surface area contributed by atoms with Crippen LogP contribution < -0.4 is 9.47 Å². The van der Waals surface area contributed by atoms with Crippen LogP contribution in [0.5, 0.6) is 11.5 Å². The summed E-state index contributed by atoms with van der Waals surface area (Å²) < 4.78 is 39.9. The molecular weight excluding hydrogens is 325 g/mol. The number of hydrogen-bond donors (Lipinski definition) is 0. The molecule has 118 valence electrons. The van der Waals surface area contributed by atoms with E-state index in [-0.39, 0.29) is 6.61 Å². The van der Waals surface area contributed by atoms with Crippen LogP contribution in [0.2, 0.25) is 5.02 Å². The van der Waals surface area contributed by atoms with E-state index in [4.69, 9.17) is 37.4 Å². The van der Waals surface area contributed by atoms with Crippen molar-refractivity contribution in [3.8, 4) is 11.5 Å². The summed E-state index contributed by atoms with van der Waals surface area (Å²) in [6.07, 6.45) is -1.29. The van der Waals surface area contributed by atoms with E-state index >= 15 is 0 Å². The lowest BCUT2D eigenvalue weighted by Gasteiger charge is -2.15. The second-order valence-corrected chi connectivity index (χ2v) is 5.53. The number of hydrogen-bond acceptors (Lipinski definition) is 3. The molecule has 1 unspecified atom stereocenters. The average molecular weight is 341 g/mol. The van der Waals surface area contributed by atoms with Crippen LogP contribution in [-0.2, 0) is 4.74 Å². The molecule has 1 aliphatic rings. The van der Waals surface area contributed by atoms with Gasteiger partial charge in [0.05, 0.1) is 18.6 Å². The molecule has 3 nitrogen and oxygen atoms in total. The minimum Gasteiger partial charge on any atom is -0.490 e. The van der Waals surface area contributed by atoms with Crippen LogP contribution in [0.1, 0.15) is 23.8 Å². The van der Waals surface area contributed by atoms with Crippen LogP contribution in [-0.4, -0.2) is 32.9 Å². The molecule has 0 saturated carbocycles. The van der Waals surface area contributed by atoms with Gasteiger partial charge in [0, 0.05) is 24.1 Å². The Bertz CT molecular complexity index is 472. The maximum Gasteiger partial charge on any atom is 0.261 e. The molecule has 1 aromatic rings. The first-order chi connectivity index (χ1) is 10.1. The summed E-state index contributed by atoms with van der Waals surface area (Å²) in [5.41, 5.74) is 0.684. The van der Waals surface area contributed by atoms with Gasteiger partial charge >= 0.3 is 0 Å². The van der Waals surface area contributed by atoms with Gasteiger partial charge in [-0.1, -0.05) is 11.6 Å². The van der Waals surface area contributed by atoms with Crippen LogP contribution >= 0.6 is 23.2 Å². The van der Waals surface area contributed by atoms with Gasteiger partial charge in [-0.15, -0.1) is 11.6 Å². The number of rotatable bonds is 6. The summed E-state index contributed by atoms with van der Waals surface area (Å²) in [5.74, 6) is 1.20. The Morgan fingerprint density at radius 3 is 2.52 bits per heavy atom. The number of halogens is 4. The minimum absolute atomic E-state index is 0.142. The predicted molar refractivity (Wildman–Crippen MR) is 77.1 cm³/mol. The van der Waals surface area contributed by atoms with Gasteiger partial charge in [-0.05, 0) is 18.1 Å². The molecule has 0 saturated heterocycles. The van der Waals surface area contributed by atoms with Crippen LogP contribution in [0.25, 0.3) is 0 Å². The van der Waals surface area contributed by atoms with Crippen LogP contribution in [0.15, 0.2) is 12.1 Å². The fraction of sp³-hybridized carbons (Fsp3) is 0.571. The zero-order valence-electron chi connectivity index (χ0n) is 11.3. The van der Waals surface area contributed by atoms with Gasteiger partial charge in [-0.2, -0.15) is 0 Å². The maximum absolute atomic E-state index is 12.0. The third kappa shape index (κ3) is 4.87. The largest absolute Gasteiger partial charge is 0.490 e. The van der Waals surface area contributed by atoms with Gasteiger partial charge in [-0.3, -0.25) is 0 Å².